The first-order valence-corrected chi connectivity index (χ1v) is 5.51. The molecule has 1 nitrogen and oxygen atoms in total. The molecule has 0 aliphatic rings. The molecular formula is C11H15BrO. The van der Waals surface area contributed by atoms with Crippen LogP contribution in [0.3, 0.4) is 0 Å². The van der Waals surface area contributed by atoms with E-state index >= 15 is 0 Å². The number of methoxy groups -OCH3 is 1. The van der Waals surface area contributed by atoms with Crippen LogP contribution in [0.25, 0.3) is 0 Å². The summed E-state index contributed by atoms with van der Waals surface area (Å²) >= 11 is 3.50. The molecule has 0 spiro atoms. The van der Waals surface area contributed by atoms with Gasteiger partial charge in [-0.2, -0.15) is 0 Å². The van der Waals surface area contributed by atoms with Gasteiger partial charge in [-0.3, -0.25) is 0 Å². The zero-order valence-electron chi connectivity index (χ0n) is 8.09. The van der Waals surface area contributed by atoms with Crippen molar-refractivity contribution in [2.24, 2.45) is 0 Å². The van der Waals surface area contributed by atoms with Gasteiger partial charge in [0.05, 0.1) is 6.61 Å². The zero-order chi connectivity index (χ0) is 9.68. The van der Waals surface area contributed by atoms with Gasteiger partial charge in [-0.05, 0) is 12.5 Å². The number of benzene rings is 1. The maximum absolute atomic E-state index is 5.16. The quantitative estimate of drug-likeness (QED) is 0.738. The third-order valence-corrected chi connectivity index (χ3v) is 2.85. The number of alkyl halides is 1. The molecule has 0 bridgehead atoms. The van der Waals surface area contributed by atoms with E-state index in [1.54, 1.807) is 7.11 Å². The molecule has 72 valence electrons. The number of ether oxygens (including phenoxy) is 1. The summed E-state index contributed by atoms with van der Waals surface area (Å²) in [6, 6.07) is 8.57. The molecule has 0 aromatic heterocycles. The van der Waals surface area contributed by atoms with Crippen LogP contribution in [0.4, 0.5) is 0 Å². The van der Waals surface area contributed by atoms with Crippen molar-refractivity contribution >= 4 is 15.9 Å². The second kappa shape index (κ2) is 5.40. The third kappa shape index (κ3) is 3.12. The second-order valence-corrected chi connectivity index (χ2v) is 3.87. The summed E-state index contributed by atoms with van der Waals surface area (Å²) in [5.74, 6) is 0.463. The van der Waals surface area contributed by atoms with E-state index in [9.17, 15) is 0 Å². The Bertz CT molecular complexity index is 260. The van der Waals surface area contributed by atoms with Crippen LogP contribution in [-0.4, -0.2) is 19.0 Å². The topological polar surface area (TPSA) is 9.23 Å². The molecule has 0 N–H and O–H groups in total. The molecule has 0 heterocycles. The average molecular weight is 243 g/mol. The van der Waals surface area contributed by atoms with Gasteiger partial charge in [0.25, 0.3) is 0 Å². The van der Waals surface area contributed by atoms with Crippen molar-refractivity contribution in [2.75, 3.05) is 19.0 Å². The van der Waals surface area contributed by atoms with Crippen LogP contribution in [0, 0.1) is 6.92 Å². The Kier molecular flexibility index (Phi) is 4.46. The highest BCUT2D eigenvalue weighted by Crippen LogP contribution is 2.19. The van der Waals surface area contributed by atoms with E-state index in [0.717, 1.165) is 11.9 Å². The molecule has 0 saturated carbocycles. The van der Waals surface area contributed by atoms with Crippen molar-refractivity contribution in [3.63, 3.8) is 0 Å². The van der Waals surface area contributed by atoms with Crippen molar-refractivity contribution < 1.29 is 4.74 Å². The van der Waals surface area contributed by atoms with Crippen molar-refractivity contribution in [1.29, 1.82) is 0 Å². The monoisotopic (exact) mass is 242 g/mol. The molecule has 0 amide bonds. The third-order valence-electron chi connectivity index (χ3n) is 2.07. The lowest BCUT2D eigenvalue weighted by atomic mass is 10.0. The molecule has 2 heteroatoms. The van der Waals surface area contributed by atoms with E-state index in [0.29, 0.717) is 5.92 Å². The number of aryl methyl sites for hydroxylation is 1. The Hall–Kier alpha value is -0.340. The first-order valence-electron chi connectivity index (χ1n) is 4.39. The molecule has 0 aliphatic carbocycles. The van der Waals surface area contributed by atoms with E-state index in [-0.39, 0.29) is 0 Å². The highest BCUT2D eigenvalue weighted by atomic mass is 79.9. The minimum atomic E-state index is 0.463. The van der Waals surface area contributed by atoms with E-state index < -0.39 is 0 Å². The van der Waals surface area contributed by atoms with Crippen LogP contribution in [0.1, 0.15) is 17.0 Å². The summed E-state index contributed by atoms with van der Waals surface area (Å²) in [5.41, 5.74) is 2.65. The highest BCUT2D eigenvalue weighted by molar-refractivity contribution is 9.09. The van der Waals surface area contributed by atoms with Gasteiger partial charge in [0.15, 0.2) is 0 Å². The first-order chi connectivity index (χ1) is 6.27. The molecule has 1 atom stereocenters. The summed E-state index contributed by atoms with van der Waals surface area (Å²) in [5, 5.41) is 0.949. The molecule has 1 aromatic rings. The molecule has 1 rings (SSSR count). The molecule has 0 fully saturated rings. The Morgan fingerprint density at radius 3 is 2.77 bits per heavy atom. The Balaban J connectivity index is 2.78. The molecule has 0 aliphatic heterocycles. The fourth-order valence-corrected chi connectivity index (χ4v) is 1.92. The number of hydrogen-bond donors (Lipinski definition) is 0. The molecule has 0 saturated heterocycles. The number of halogens is 1. The van der Waals surface area contributed by atoms with Gasteiger partial charge in [-0.15, -0.1) is 0 Å². The van der Waals surface area contributed by atoms with E-state index in [1.165, 1.54) is 11.1 Å². The van der Waals surface area contributed by atoms with Crippen molar-refractivity contribution in [3.8, 4) is 0 Å². The second-order valence-electron chi connectivity index (χ2n) is 3.22. The SMILES string of the molecule is COCC(CBr)c1cccc(C)c1. The molecule has 1 aromatic carbocycles. The normalized spacial score (nSPS) is 12.8. The van der Waals surface area contributed by atoms with Crippen molar-refractivity contribution in [1.82, 2.24) is 0 Å². The Morgan fingerprint density at radius 1 is 1.46 bits per heavy atom. The predicted octanol–water partition coefficient (Wildman–Crippen LogP) is 3.12. The van der Waals surface area contributed by atoms with E-state index in [1.807, 2.05) is 0 Å². The summed E-state index contributed by atoms with van der Waals surface area (Å²) in [7, 11) is 1.74. The summed E-state index contributed by atoms with van der Waals surface area (Å²) < 4.78 is 5.16. The summed E-state index contributed by atoms with van der Waals surface area (Å²) in [4.78, 5) is 0. The van der Waals surface area contributed by atoms with Gasteiger partial charge < -0.3 is 4.74 Å². The minimum absolute atomic E-state index is 0.463. The average Bonchev–Trinajstić information content (AvgIpc) is 2.14. The summed E-state index contributed by atoms with van der Waals surface area (Å²) in [6.07, 6.45) is 0. The largest absolute Gasteiger partial charge is 0.384 e. The van der Waals surface area contributed by atoms with Crippen molar-refractivity contribution in [3.05, 3.63) is 35.4 Å². The van der Waals surface area contributed by atoms with Gasteiger partial charge in [0, 0.05) is 18.4 Å². The van der Waals surface area contributed by atoms with Crippen LogP contribution < -0.4 is 0 Å². The fourth-order valence-electron chi connectivity index (χ4n) is 1.36. The van der Waals surface area contributed by atoms with Crippen LogP contribution in [0.15, 0.2) is 24.3 Å². The lowest BCUT2D eigenvalue weighted by Gasteiger charge is -2.13. The van der Waals surface area contributed by atoms with Crippen LogP contribution in [0.2, 0.25) is 0 Å². The lowest BCUT2D eigenvalue weighted by molar-refractivity contribution is 0.186. The Morgan fingerprint density at radius 2 is 2.23 bits per heavy atom. The molecular weight excluding hydrogens is 228 g/mol. The smallest absolute Gasteiger partial charge is 0.0539 e. The maximum atomic E-state index is 5.16. The van der Waals surface area contributed by atoms with E-state index in [2.05, 4.69) is 47.1 Å². The van der Waals surface area contributed by atoms with Gasteiger partial charge in [0.2, 0.25) is 0 Å². The van der Waals surface area contributed by atoms with Gasteiger partial charge in [-0.25, -0.2) is 0 Å². The standard InChI is InChI=1S/C11H15BrO/c1-9-4-3-5-10(6-9)11(7-12)8-13-2/h3-6,11H,7-8H2,1-2H3. The Labute approximate surface area is 88.2 Å². The number of hydrogen-bond acceptors (Lipinski definition) is 1. The van der Waals surface area contributed by atoms with Crippen molar-refractivity contribution in [2.45, 2.75) is 12.8 Å². The van der Waals surface area contributed by atoms with Gasteiger partial charge >= 0.3 is 0 Å². The van der Waals surface area contributed by atoms with E-state index in [4.69, 9.17) is 4.74 Å². The molecule has 13 heavy (non-hydrogen) atoms. The minimum Gasteiger partial charge on any atom is -0.384 e. The fraction of sp³-hybridized carbons (Fsp3) is 0.455. The van der Waals surface area contributed by atoms with Crippen LogP contribution in [0.5, 0.6) is 0 Å². The number of rotatable bonds is 4. The van der Waals surface area contributed by atoms with Crippen LogP contribution in [-0.2, 0) is 4.74 Å². The zero-order valence-corrected chi connectivity index (χ0v) is 9.67. The lowest BCUT2D eigenvalue weighted by Crippen LogP contribution is -2.07. The first kappa shape index (κ1) is 10.7. The van der Waals surface area contributed by atoms with Crippen LogP contribution >= 0.6 is 15.9 Å². The predicted molar refractivity (Wildman–Crippen MR) is 59.6 cm³/mol. The molecule has 0 radical (unpaired) electrons. The van der Waals surface area contributed by atoms with Gasteiger partial charge in [0.1, 0.15) is 0 Å². The maximum Gasteiger partial charge on any atom is 0.0539 e. The van der Waals surface area contributed by atoms with Gasteiger partial charge in [-0.1, -0.05) is 45.8 Å². The highest BCUT2D eigenvalue weighted by Gasteiger charge is 2.08. The summed E-state index contributed by atoms with van der Waals surface area (Å²) in [6.45, 7) is 2.89. The molecule has 1 unspecified atom stereocenters.